The molecule has 0 bridgehead atoms. The summed E-state index contributed by atoms with van der Waals surface area (Å²) in [6.07, 6.45) is 1.82. The van der Waals surface area contributed by atoms with E-state index in [0.29, 0.717) is 25.0 Å². The molecule has 0 saturated carbocycles. The molecule has 0 aliphatic carbocycles. The smallest absolute Gasteiger partial charge is 0.326 e. The molecule has 0 aliphatic rings. The maximum Gasteiger partial charge on any atom is 0.326 e. The van der Waals surface area contributed by atoms with Crippen molar-refractivity contribution in [2.75, 3.05) is 13.2 Å². The van der Waals surface area contributed by atoms with Crippen LogP contribution in [-0.2, 0) is 14.3 Å². The minimum absolute atomic E-state index is 0. The number of esters is 1. The minimum Gasteiger partial charge on any atom is -0.480 e. The zero-order valence-electron chi connectivity index (χ0n) is 17.8. The van der Waals surface area contributed by atoms with Gasteiger partial charge >= 0.3 is 11.9 Å². The highest BCUT2D eigenvalue weighted by atomic mass is 35.5. The lowest BCUT2D eigenvalue weighted by atomic mass is 10.1. The van der Waals surface area contributed by atoms with E-state index in [0.717, 1.165) is 12.8 Å². The molecule has 0 unspecified atom stereocenters. The van der Waals surface area contributed by atoms with Gasteiger partial charge in [-0.05, 0) is 52.4 Å². The molecule has 0 spiro atoms. The SMILES string of the molecule is CC(C)(N)C(=O)O.CC(C)CCO.CC(C)CCOC(=O)C(C)(C)Cl.N. The molecule has 0 aliphatic heterocycles. The van der Waals surface area contributed by atoms with Crippen molar-refractivity contribution in [3.05, 3.63) is 0 Å². The summed E-state index contributed by atoms with van der Waals surface area (Å²) < 4.78 is 4.95. The third-order valence-electron chi connectivity index (χ3n) is 2.67. The molecule has 0 radical (unpaired) electrons. The molecule has 0 rings (SSSR count). The number of hydrogen-bond donors (Lipinski definition) is 4. The second-order valence-corrected chi connectivity index (χ2v) is 8.67. The number of aliphatic hydroxyl groups excluding tert-OH is 1. The number of carboxylic acids is 1. The molecule has 0 saturated heterocycles. The highest BCUT2D eigenvalue weighted by molar-refractivity contribution is 6.33. The van der Waals surface area contributed by atoms with Crippen molar-refractivity contribution in [3.8, 4) is 0 Å². The van der Waals surface area contributed by atoms with Gasteiger partial charge in [0.2, 0.25) is 0 Å². The molecule has 7 nitrogen and oxygen atoms in total. The van der Waals surface area contributed by atoms with Crippen molar-refractivity contribution in [3.63, 3.8) is 0 Å². The van der Waals surface area contributed by atoms with Gasteiger partial charge in [-0.3, -0.25) is 9.59 Å². The third kappa shape index (κ3) is 27.9. The number of halogens is 1. The van der Waals surface area contributed by atoms with Crippen LogP contribution in [0.15, 0.2) is 0 Å². The first-order valence-electron chi connectivity index (χ1n) is 8.54. The highest BCUT2D eigenvalue weighted by Crippen LogP contribution is 2.14. The molecule has 0 heterocycles. The van der Waals surface area contributed by atoms with E-state index in [1.807, 2.05) is 0 Å². The van der Waals surface area contributed by atoms with Crippen LogP contribution >= 0.6 is 11.6 Å². The Bertz CT molecular complexity index is 362. The number of carbonyl (C=O) groups excluding carboxylic acids is 1. The van der Waals surface area contributed by atoms with Crippen molar-refractivity contribution in [2.45, 2.75) is 78.6 Å². The maximum absolute atomic E-state index is 11.1. The van der Waals surface area contributed by atoms with Gasteiger partial charge in [0.1, 0.15) is 10.4 Å². The van der Waals surface area contributed by atoms with E-state index in [4.69, 9.17) is 32.3 Å². The highest BCUT2D eigenvalue weighted by Gasteiger charge is 2.25. The third-order valence-corrected chi connectivity index (χ3v) is 2.83. The quantitative estimate of drug-likeness (QED) is 0.377. The van der Waals surface area contributed by atoms with E-state index in [1.54, 1.807) is 13.8 Å². The number of ether oxygens (including phenoxy) is 1. The van der Waals surface area contributed by atoms with E-state index in [-0.39, 0.29) is 12.1 Å². The Balaban J connectivity index is -0.000000149. The molecular weight excluding hydrogens is 360 g/mol. The number of carboxylic acid groups (broad SMARTS) is 1. The van der Waals surface area contributed by atoms with Crippen molar-refractivity contribution in [1.29, 1.82) is 0 Å². The van der Waals surface area contributed by atoms with Crippen LogP contribution in [-0.4, -0.2) is 45.8 Å². The molecular formula is C18H41ClN2O5. The van der Waals surface area contributed by atoms with Crippen LogP contribution < -0.4 is 11.9 Å². The molecule has 0 aromatic heterocycles. The Morgan fingerprint density at radius 1 is 1.04 bits per heavy atom. The fraction of sp³-hybridized carbons (Fsp3) is 0.889. The molecule has 0 aromatic carbocycles. The Kier molecular flexibility index (Phi) is 20.5. The lowest BCUT2D eigenvalue weighted by Gasteiger charge is -2.14. The number of nitrogens with two attached hydrogens (primary N) is 1. The molecule has 0 fully saturated rings. The number of alkyl halides is 1. The second-order valence-electron chi connectivity index (χ2n) is 7.72. The van der Waals surface area contributed by atoms with Crippen LogP contribution in [0.25, 0.3) is 0 Å². The first-order valence-corrected chi connectivity index (χ1v) is 8.92. The predicted molar refractivity (Wildman–Crippen MR) is 108 cm³/mol. The van der Waals surface area contributed by atoms with Crippen molar-refractivity contribution >= 4 is 23.5 Å². The average Bonchev–Trinajstić information content (AvgIpc) is 2.37. The molecule has 0 aromatic rings. The predicted octanol–water partition coefficient (Wildman–Crippen LogP) is 3.59. The fourth-order valence-electron chi connectivity index (χ4n) is 0.817. The second kappa shape index (κ2) is 16.3. The zero-order valence-corrected chi connectivity index (χ0v) is 18.5. The normalized spacial score (nSPS) is 10.8. The molecule has 8 heteroatoms. The standard InChI is InChI=1S/C9H17ClO2.C5H12O.C4H9NO2.H3N/c1-7(2)5-6-12-8(11)9(3,4)10;1-5(2)3-4-6;1-4(2,5)3(6)7;/h7H,5-6H2,1-4H3;5-6H,3-4H2,1-2H3;5H2,1-2H3,(H,6,7);1H3. The minimum atomic E-state index is -1.08. The lowest BCUT2D eigenvalue weighted by molar-refractivity contribution is -0.146. The first-order chi connectivity index (χ1) is 11.1. The van der Waals surface area contributed by atoms with Crippen LogP contribution in [0.4, 0.5) is 0 Å². The maximum atomic E-state index is 11.1. The van der Waals surface area contributed by atoms with Crippen molar-refractivity contribution < 1.29 is 24.5 Å². The van der Waals surface area contributed by atoms with Gasteiger partial charge in [-0.1, -0.05) is 27.7 Å². The van der Waals surface area contributed by atoms with E-state index in [1.165, 1.54) is 13.8 Å². The Hall–Kier alpha value is -0.890. The number of carbonyl (C=O) groups is 2. The lowest BCUT2D eigenvalue weighted by Crippen LogP contribution is -2.41. The summed E-state index contributed by atoms with van der Waals surface area (Å²) in [4.78, 5) is 20.1. The first kappa shape index (κ1) is 32.8. The van der Waals surface area contributed by atoms with Crippen molar-refractivity contribution in [2.24, 2.45) is 17.6 Å². The van der Waals surface area contributed by atoms with Gasteiger partial charge < -0.3 is 26.8 Å². The molecule has 0 atom stereocenters. The summed E-state index contributed by atoms with van der Waals surface area (Å²) in [7, 11) is 0. The summed E-state index contributed by atoms with van der Waals surface area (Å²) in [5.74, 6) is -0.122. The van der Waals surface area contributed by atoms with Gasteiger partial charge in [0.05, 0.1) is 6.61 Å². The molecule has 26 heavy (non-hydrogen) atoms. The van der Waals surface area contributed by atoms with Crippen LogP contribution in [0.2, 0.25) is 0 Å². The summed E-state index contributed by atoms with van der Waals surface area (Å²) in [6, 6.07) is 0. The van der Waals surface area contributed by atoms with E-state index in [2.05, 4.69) is 27.7 Å². The zero-order chi connectivity index (χ0) is 20.8. The number of hydrogen-bond acceptors (Lipinski definition) is 6. The number of aliphatic hydroxyl groups is 1. The molecule has 160 valence electrons. The topological polar surface area (TPSA) is 145 Å². The number of aliphatic carboxylic acids is 1. The molecule has 7 N–H and O–H groups in total. The van der Waals surface area contributed by atoms with E-state index < -0.39 is 16.4 Å². The summed E-state index contributed by atoms with van der Waals surface area (Å²) in [5.41, 5.74) is 4.00. The van der Waals surface area contributed by atoms with Gasteiger partial charge in [0, 0.05) is 6.61 Å². The van der Waals surface area contributed by atoms with Crippen LogP contribution in [0.3, 0.4) is 0 Å². The van der Waals surface area contributed by atoms with E-state index in [9.17, 15) is 9.59 Å². The van der Waals surface area contributed by atoms with Crippen molar-refractivity contribution in [1.82, 2.24) is 6.15 Å². The Labute approximate surface area is 164 Å². The largest absolute Gasteiger partial charge is 0.480 e. The Morgan fingerprint density at radius 3 is 1.54 bits per heavy atom. The van der Waals surface area contributed by atoms with Gasteiger partial charge in [-0.25, -0.2) is 0 Å². The number of rotatable bonds is 7. The van der Waals surface area contributed by atoms with Crippen LogP contribution in [0.5, 0.6) is 0 Å². The fourth-order valence-corrected chi connectivity index (χ4v) is 0.872. The van der Waals surface area contributed by atoms with Gasteiger partial charge in [-0.15, -0.1) is 11.6 Å². The van der Waals surface area contributed by atoms with E-state index >= 15 is 0 Å². The monoisotopic (exact) mass is 400 g/mol. The Morgan fingerprint density at radius 2 is 1.38 bits per heavy atom. The van der Waals surface area contributed by atoms with Gasteiger partial charge in [-0.2, -0.15) is 0 Å². The summed E-state index contributed by atoms with van der Waals surface area (Å²) in [6.45, 7) is 15.3. The summed E-state index contributed by atoms with van der Waals surface area (Å²) in [5, 5.41) is 16.4. The van der Waals surface area contributed by atoms with Gasteiger partial charge in [0.15, 0.2) is 0 Å². The van der Waals surface area contributed by atoms with Crippen LogP contribution in [0, 0.1) is 11.8 Å². The van der Waals surface area contributed by atoms with Crippen LogP contribution in [0.1, 0.15) is 68.2 Å². The van der Waals surface area contributed by atoms with Gasteiger partial charge in [0.25, 0.3) is 0 Å². The molecule has 0 amide bonds. The summed E-state index contributed by atoms with van der Waals surface area (Å²) >= 11 is 5.72. The average molecular weight is 401 g/mol.